The zero-order chi connectivity index (χ0) is 42.8. The summed E-state index contributed by atoms with van der Waals surface area (Å²) in [5.74, 6) is -0.0671. The summed E-state index contributed by atoms with van der Waals surface area (Å²) in [5, 5.41) is 23.1. The topological polar surface area (TPSA) is 69.6 Å². The number of carbonyl (C=O) groups is 1. The first-order valence-corrected chi connectivity index (χ1v) is 27.1. The third kappa shape index (κ3) is 47.8. The monoisotopic (exact) mass is 830 g/mol. The van der Waals surface area contributed by atoms with E-state index in [4.69, 9.17) is 0 Å². The van der Waals surface area contributed by atoms with Gasteiger partial charge in [0.2, 0.25) is 5.91 Å². The lowest BCUT2D eigenvalue weighted by atomic mass is 10.0. The van der Waals surface area contributed by atoms with Crippen molar-refractivity contribution < 1.29 is 15.0 Å². The Morgan fingerprint density at radius 1 is 0.390 bits per heavy atom. The molecule has 0 rings (SSSR count). The molecule has 350 valence electrons. The molecule has 0 spiro atoms. The predicted molar refractivity (Wildman–Crippen MR) is 262 cm³/mol. The first kappa shape index (κ1) is 57.9. The van der Waals surface area contributed by atoms with Crippen molar-refractivity contribution in [2.45, 2.75) is 315 Å². The van der Waals surface area contributed by atoms with Gasteiger partial charge in [-0.15, -0.1) is 0 Å². The fourth-order valence-electron chi connectivity index (χ4n) is 8.55. The van der Waals surface area contributed by atoms with Gasteiger partial charge >= 0.3 is 0 Å². The van der Waals surface area contributed by atoms with Crippen molar-refractivity contribution in [1.82, 2.24) is 5.32 Å². The molecule has 4 heteroatoms. The molecule has 0 aromatic heterocycles. The molecule has 0 aromatic carbocycles. The summed E-state index contributed by atoms with van der Waals surface area (Å²) in [6.45, 7) is 4.34. The summed E-state index contributed by atoms with van der Waals surface area (Å²) < 4.78 is 0. The van der Waals surface area contributed by atoms with Gasteiger partial charge < -0.3 is 15.5 Å². The lowest BCUT2D eigenvalue weighted by molar-refractivity contribution is -0.123. The van der Waals surface area contributed by atoms with Crippen molar-refractivity contribution in [3.05, 3.63) is 24.3 Å². The van der Waals surface area contributed by atoms with Crippen LogP contribution in [0, 0.1) is 0 Å². The molecule has 0 saturated carbocycles. The molecule has 4 nitrogen and oxygen atoms in total. The zero-order valence-electron chi connectivity index (χ0n) is 40.3. The van der Waals surface area contributed by atoms with E-state index in [0.29, 0.717) is 6.42 Å². The van der Waals surface area contributed by atoms with Gasteiger partial charge in [0.1, 0.15) is 0 Å². The Kier molecular flexibility index (Phi) is 50.2. The van der Waals surface area contributed by atoms with E-state index in [9.17, 15) is 15.0 Å². The van der Waals surface area contributed by atoms with E-state index >= 15 is 0 Å². The van der Waals surface area contributed by atoms with Crippen LogP contribution in [0.1, 0.15) is 303 Å². The van der Waals surface area contributed by atoms with Crippen LogP contribution in [0.5, 0.6) is 0 Å². The summed E-state index contributed by atoms with van der Waals surface area (Å²) in [6.07, 6.45) is 67.6. The molecule has 0 saturated heterocycles. The van der Waals surface area contributed by atoms with Gasteiger partial charge in [0.05, 0.1) is 18.8 Å². The minimum atomic E-state index is -0.859. The van der Waals surface area contributed by atoms with Gasteiger partial charge in [-0.25, -0.2) is 0 Å². The average Bonchev–Trinajstić information content (AvgIpc) is 3.24. The second-order valence-electron chi connectivity index (χ2n) is 18.7. The molecule has 0 radical (unpaired) electrons. The highest BCUT2D eigenvalue weighted by atomic mass is 16.3. The van der Waals surface area contributed by atoms with E-state index in [-0.39, 0.29) is 12.5 Å². The van der Waals surface area contributed by atoms with E-state index < -0.39 is 12.1 Å². The van der Waals surface area contributed by atoms with Crippen LogP contribution in [0.25, 0.3) is 0 Å². The second kappa shape index (κ2) is 51.2. The SMILES string of the molecule is CCCCCCCCCCCCCCCCCCC/C=C/CC/C=C/C(O)C(CO)NC(=O)CCCCCCCCCCCCCCCCCCCCCCCCCC. The Hall–Kier alpha value is -1.13. The quantitative estimate of drug-likeness (QED) is 0.0422. The van der Waals surface area contributed by atoms with Crippen LogP contribution in [0.3, 0.4) is 0 Å². The van der Waals surface area contributed by atoms with Gasteiger partial charge in [-0.2, -0.15) is 0 Å². The third-order valence-corrected chi connectivity index (χ3v) is 12.7. The van der Waals surface area contributed by atoms with Crippen LogP contribution in [-0.4, -0.2) is 34.9 Å². The van der Waals surface area contributed by atoms with Gasteiger partial charge in [0.15, 0.2) is 0 Å². The lowest BCUT2D eigenvalue weighted by Gasteiger charge is -2.19. The van der Waals surface area contributed by atoms with Gasteiger partial charge in [0.25, 0.3) is 0 Å². The number of amides is 1. The smallest absolute Gasteiger partial charge is 0.220 e. The summed E-state index contributed by atoms with van der Waals surface area (Å²) in [6, 6.07) is -0.636. The van der Waals surface area contributed by atoms with E-state index in [1.165, 1.54) is 250 Å². The molecule has 59 heavy (non-hydrogen) atoms. The molecule has 2 atom stereocenters. The van der Waals surface area contributed by atoms with Crippen molar-refractivity contribution in [3.63, 3.8) is 0 Å². The van der Waals surface area contributed by atoms with Crippen molar-refractivity contribution >= 4 is 5.91 Å². The highest BCUT2D eigenvalue weighted by molar-refractivity contribution is 5.76. The first-order valence-electron chi connectivity index (χ1n) is 27.1. The van der Waals surface area contributed by atoms with E-state index in [2.05, 4.69) is 31.3 Å². The zero-order valence-corrected chi connectivity index (χ0v) is 40.3. The van der Waals surface area contributed by atoms with Gasteiger partial charge in [0, 0.05) is 6.42 Å². The maximum atomic E-state index is 12.5. The van der Waals surface area contributed by atoms with Crippen molar-refractivity contribution in [1.29, 1.82) is 0 Å². The maximum absolute atomic E-state index is 12.5. The largest absolute Gasteiger partial charge is 0.394 e. The van der Waals surface area contributed by atoms with Crippen LogP contribution < -0.4 is 5.32 Å². The number of aliphatic hydroxyl groups is 2. The number of hydrogen-bond acceptors (Lipinski definition) is 3. The molecule has 2 unspecified atom stereocenters. The number of aliphatic hydroxyl groups excluding tert-OH is 2. The molecule has 3 N–H and O–H groups in total. The minimum Gasteiger partial charge on any atom is -0.394 e. The number of nitrogens with one attached hydrogen (secondary N) is 1. The molecule has 0 aliphatic rings. The summed E-state index contributed by atoms with van der Waals surface area (Å²) >= 11 is 0. The summed E-state index contributed by atoms with van der Waals surface area (Å²) in [7, 11) is 0. The van der Waals surface area contributed by atoms with Gasteiger partial charge in [-0.3, -0.25) is 4.79 Å². The standard InChI is InChI=1S/C55H107NO3/c1-3-5-7-9-11-13-15-17-19-21-23-25-27-29-31-33-35-37-39-41-43-45-47-49-51-55(59)56-53(52-57)54(58)50-48-46-44-42-40-38-36-34-32-30-28-26-24-22-20-18-16-14-12-10-8-6-4-2/h40,42,48,50,53-54,57-58H,3-39,41,43-47,49,51-52H2,1-2H3,(H,56,59)/b42-40+,50-48+. The predicted octanol–water partition coefficient (Wildman–Crippen LogP) is 17.5. The normalized spacial score (nSPS) is 12.9. The Morgan fingerprint density at radius 3 is 0.983 bits per heavy atom. The van der Waals surface area contributed by atoms with Crippen molar-refractivity contribution in [2.24, 2.45) is 0 Å². The maximum Gasteiger partial charge on any atom is 0.220 e. The van der Waals surface area contributed by atoms with Crippen LogP contribution in [0.2, 0.25) is 0 Å². The summed E-state index contributed by atoms with van der Waals surface area (Å²) in [4.78, 5) is 12.5. The fraction of sp³-hybridized carbons (Fsp3) is 0.909. The Labute approximate surface area is 370 Å². The van der Waals surface area contributed by atoms with Gasteiger partial charge in [-0.1, -0.05) is 289 Å². The highest BCUT2D eigenvalue weighted by Crippen LogP contribution is 2.17. The Balaban J connectivity index is 3.50. The van der Waals surface area contributed by atoms with E-state index in [1.807, 2.05) is 6.08 Å². The Bertz CT molecular complexity index is 855. The minimum absolute atomic E-state index is 0.0671. The summed E-state index contributed by atoms with van der Waals surface area (Å²) in [5.41, 5.74) is 0. The molecular weight excluding hydrogens is 723 g/mol. The number of rotatable bonds is 50. The molecule has 0 aliphatic heterocycles. The van der Waals surface area contributed by atoms with Crippen LogP contribution in [0.15, 0.2) is 24.3 Å². The molecule has 0 bridgehead atoms. The van der Waals surface area contributed by atoms with Crippen molar-refractivity contribution in [3.8, 4) is 0 Å². The molecular formula is C55H107NO3. The van der Waals surface area contributed by atoms with Crippen molar-refractivity contribution in [2.75, 3.05) is 6.61 Å². The molecule has 0 heterocycles. The average molecular weight is 830 g/mol. The third-order valence-electron chi connectivity index (χ3n) is 12.7. The number of hydrogen-bond donors (Lipinski definition) is 3. The van der Waals surface area contributed by atoms with Crippen LogP contribution >= 0.6 is 0 Å². The Morgan fingerprint density at radius 2 is 0.661 bits per heavy atom. The highest BCUT2D eigenvalue weighted by Gasteiger charge is 2.18. The number of carbonyl (C=O) groups excluding carboxylic acids is 1. The first-order chi connectivity index (χ1) is 29.2. The van der Waals surface area contributed by atoms with Crippen LogP contribution in [0.4, 0.5) is 0 Å². The van der Waals surface area contributed by atoms with E-state index in [1.54, 1.807) is 6.08 Å². The van der Waals surface area contributed by atoms with E-state index in [0.717, 1.165) is 32.1 Å². The second-order valence-corrected chi connectivity index (χ2v) is 18.7. The molecule has 0 aliphatic carbocycles. The molecule has 1 amide bonds. The number of allylic oxidation sites excluding steroid dienone is 3. The van der Waals surface area contributed by atoms with Gasteiger partial charge in [-0.05, 0) is 32.1 Å². The fourth-order valence-corrected chi connectivity index (χ4v) is 8.55. The number of unbranched alkanes of at least 4 members (excludes halogenated alkanes) is 41. The van der Waals surface area contributed by atoms with Crippen LogP contribution in [-0.2, 0) is 4.79 Å². The lowest BCUT2D eigenvalue weighted by Crippen LogP contribution is -2.45. The molecule has 0 fully saturated rings. The molecule has 0 aromatic rings.